The Bertz CT molecular complexity index is 492. The molecule has 0 radical (unpaired) electrons. The lowest BCUT2D eigenvalue weighted by molar-refractivity contribution is -0.143. The van der Waals surface area contributed by atoms with Gasteiger partial charge < -0.3 is 31.9 Å². The Kier molecular flexibility index (Phi) is 8.86. The first-order chi connectivity index (χ1) is 11.8. The van der Waals surface area contributed by atoms with Crippen LogP contribution >= 0.6 is 0 Å². The minimum absolute atomic E-state index is 0.177. The zero-order chi connectivity index (χ0) is 18.8. The highest BCUT2D eigenvalue weighted by molar-refractivity contribution is 5.94. The zero-order valence-electron chi connectivity index (χ0n) is 14.0. The third-order valence-electron chi connectivity index (χ3n) is 3.95. The highest BCUT2D eigenvalue weighted by Crippen LogP contribution is 2.07. The summed E-state index contributed by atoms with van der Waals surface area (Å²) in [6.45, 7) is 1.09. The molecular weight excluding hydrogens is 332 g/mol. The van der Waals surface area contributed by atoms with E-state index >= 15 is 0 Å². The van der Waals surface area contributed by atoms with Gasteiger partial charge in [0.05, 0.1) is 12.5 Å². The highest BCUT2D eigenvalue weighted by atomic mass is 16.4. The number of carboxylic acids is 2. The normalized spacial score (nSPS) is 19.0. The lowest BCUT2D eigenvalue weighted by atomic mass is 10.1. The van der Waals surface area contributed by atoms with Gasteiger partial charge in [-0.1, -0.05) is 0 Å². The van der Waals surface area contributed by atoms with Crippen molar-refractivity contribution in [3.63, 3.8) is 0 Å². The summed E-state index contributed by atoms with van der Waals surface area (Å²) in [4.78, 5) is 46.6. The van der Waals surface area contributed by atoms with Crippen molar-refractivity contribution >= 4 is 23.8 Å². The lowest BCUT2D eigenvalue weighted by Gasteiger charge is -2.21. The maximum absolute atomic E-state index is 12.3. The van der Waals surface area contributed by atoms with Crippen LogP contribution in [0.2, 0.25) is 0 Å². The fraction of sp³-hybridized carbons (Fsp3) is 0.733. The molecule has 1 fully saturated rings. The number of aliphatic carboxylic acids is 2. The Morgan fingerprint density at radius 1 is 1.12 bits per heavy atom. The van der Waals surface area contributed by atoms with Crippen molar-refractivity contribution < 1.29 is 29.4 Å². The number of hydrogen-bond donors (Lipinski definition) is 6. The summed E-state index contributed by atoms with van der Waals surface area (Å²) in [5, 5.41) is 25.8. The summed E-state index contributed by atoms with van der Waals surface area (Å²) in [5.41, 5.74) is 5.36. The van der Waals surface area contributed by atoms with E-state index in [1.807, 2.05) is 0 Å². The van der Waals surface area contributed by atoms with Crippen LogP contribution in [-0.2, 0) is 19.2 Å². The minimum Gasteiger partial charge on any atom is -0.481 e. The second-order valence-electron chi connectivity index (χ2n) is 5.99. The molecule has 1 rings (SSSR count). The number of nitrogens with one attached hydrogen (secondary N) is 3. The van der Waals surface area contributed by atoms with E-state index in [0.29, 0.717) is 32.4 Å². The molecule has 0 spiro atoms. The molecule has 1 heterocycles. The SMILES string of the molecule is NCCCCC(NC(=O)C(CC(=O)O)NC(=O)C1CCCN1)C(=O)O. The molecule has 3 unspecified atom stereocenters. The smallest absolute Gasteiger partial charge is 0.326 e. The largest absolute Gasteiger partial charge is 0.481 e. The number of carbonyl (C=O) groups excluding carboxylic acids is 2. The molecule has 1 aliphatic heterocycles. The van der Waals surface area contributed by atoms with Crippen LogP contribution in [0.25, 0.3) is 0 Å². The summed E-state index contributed by atoms with van der Waals surface area (Å²) in [5.74, 6) is -3.78. The third kappa shape index (κ3) is 7.48. The predicted molar refractivity (Wildman–Crippen MR) is 87.7 cm³/mol. The Morgan fingerprint density at radius 2 is 1.84 bits per heavy atom. The summed E-state index contributed by atoms with van der Waals surface area (Å²) in [7, 11) is 0. The van der Waals surface area contributed by atoms with E-state index < -0.39 is 48.3 Å². The molecule has 1 saturated heterocycles. The van der Waals surface area contributed by atoms with Crippen molar-refractivity contribution in [2.75, 3.05) is 13.1 Å². The quantitative estimate of drug-likeness (QED) is 0.240. The van der Waals surface area contributed by atoms with E-state index in [1.54, 1.807) is 0 Å². The average molecular weight is 358 g/mol. The minimum atomic E-state index is -1.33. The summed E-state index contributed by atoms with van der Waals surface area (Å²) < 4.78 is 0. The molecule has 0 aromatic heterocycles. The predicted octanol–water partition coefficient (Wildman–Crippen LogP) is -1.60. The Morgan fingerprint density at radius 3 is 2.36 bits per heavy atom. The van der Waals surface area contributed by atoms with Gasteiger partial charge in [0.25, 0.3) is 0 Å². The number of rotatable bonds is 11. The van der Waals surface area contributed by atoms with E-state index in [2.05, 4.69) is 16.0 Å². The fourth-order valence-electron chi connectivity index (χ4n) is 2.59. The number of hydrogen-bond acceptors (Lipinski definition) is 6. The molecule has 0 bridgehead atoms. The first kappa shape index (κ1) is 20.8. The molecule has 142 valence electrons. The molecular formula is C15H26N4O6. The maximum Gasteiger partial charge on any atom is 0.326 e. The maximum atomic E-state index is 12.3. The van der Waals surface area contributed by atoms with Crippen molar-refractivity contribution in [1.82, 2.24) is 16.0 Å². The molecule has 0 aromatic rings. The van der Waals surface area contributed by atoms with Crippen molar-refractivity contribution in [2.24, 2.45) is 5.73 Å². The van der Waals surface area contributed by atoms with Crippen LogP contribution in [0.15, 0.2) is 0 Å². The average Bonchev–Trinajstić information content (AvgIpc) is 3.07. The molecule has 10 heteroatoms. The van der Waals surface area contributed by atoms with Crippen molar-refractivity contribution in [1.29, 1.82) is 0 Å². The monoisotopic (exact) mass is 358 g/mol. The number of amides is 2. The number of nitrogens with two attached hydrogens (primary N) is 1. The molecule has 0 aliphatic carbocycles. The van der Waals surface area contributed by atoms with Crippen LogP contribution in [0.3, 0.4) is 0 Å². The molecule has 25 heavy (non-hydrogen) atoms. The van der Waals surface area contributed by atoms with Gasteiger partial charge in [-0.15, -0.1) is 0 Å². The van der Waals surface area contributed by atoms with Crippen LogP contribution in [0.5, 0.6) is 0 Å². The van der Waals surface area contributed by atoms with Crippen LogP contribution in [0.1, 0.15) is 38.5 Å². The Balaban J connectivity index is 2.68. The van der Waals surface area contributed by atoms with Gasteiger partial charge in [0, 0.05) is 0 Å². The van der Waals surface area contributed by atoms with E-state index in [-0.39, 0.29) is 6.42 Å². The lowest BCUT2D eigenvalue weighted by Crippen LogP contribution is -2.54. The number of carbonyl (C=O) groups is 4. The summed E-state index contributed by atoms with van der Waals surface area (Å²) in [6, 6.07) is -2.95. The second-order valence-corrected chi connectivity index (χ2v) is 5.99. The first-order valence-corrected chi connectivity index (χ1v) is 8.34. The number of carboxylic acid groups (broad SMARTS) is 2. The first-order valence-electron chi connectivity index (χ1n) is 8.34. The van der Waals surface area contributed by atoms with Crippen molar-refractivity contribution in [3.05, 3.63) is 0 Å². The van der Waals surface area contributed by atoms with Gasteiger partial charge in [-0.3, -0.25) is 14.4 Å². The zero-order valence-corrected chi connectivity index (χ0v) is 14.0. The summed E-state index contributed by atoms with van der Waals surface area (Å²) in [6.07, 6.45) is 2.09. The van der Waals surface area contributed by atoms with Crippen molar-refractivity contribution in [2.45, 2.75) is 56.7 Å². The van der Waals surface area contributed by atoms with Crippen molar-refractivity contribution in [3.8, 4) is 0 Å². The van der Waals surface area contributed by atoms with Gasteiger partial charge in [0.15, 0.2) is 0 Å². The van der Waals surface area contributed by atoms with Gasteiger partial charge in [-0.05, 0) is 45.2 Å². The third-order valence-corrected chi connectivity index (χ3v) is 3.95. The molecule has 0 saturated carbocycles. The van der Waals surface area contributed by atoms with Gasteiger partial charge in [0.2, 0.25) is 11.8 Å². The van der Waals surface area contributed by atoms with E-state index in [0.717, 1.165) is 6.42 Å². The van der Waals surface area contributed by atoms with Crippen LogP contribution in [0, 0.1) is 0 Å². The standard InChI is InChI=1S/C15H26N4O6/c16-6-2-1-4-10(15(24)25)18-14(23)11(8-12(20)21)19-13(22)9-5-3-7-17-9/h9-11,17H,1-8,16H2,(H,18,23)(H,19,22)(H,20,21)(H,24,25). The van der Waals surface area contributed by atoms with E-state index in [9.17, 15) is 24.3 Å². The molecule has 3 atom stereocenters. The second kappa shape index (κ2) is 10.6. The molecule has 0 aromatic carbocycles. The van der Waals surface area contributed by atoms with Crippen LogP contribution in [0.4, 0.5) is 0 Å². The molecule has 1 aliphatic rings. The Labute approximate surface area is 145 Å². The summed E-state index contributed by atoms with van der Waals surface area (Å²) >= 11 is 0. The van der Waals surface area contributed by atoms with Gasteiger partial charge in [-0.2, -0.15) is 0 Å². The van der Waals surface area contributed by atoms with Gasteiger partial charge >= 0.3 is 11.9 Å². The van der Waals surface area contributed by atoms with Crippen LogP contribution in [-0.4, -0.2) is 65.2 Å². The Hall–Kier alpha value is -2.20. The topological polar surface area (TPSA) is 171 Å². The van der Waals surface area contributed by atoms with Gasteiger partial charge in [0.1, 0.15) is 12.1 Å². The van der Waals surface area contributed by atoms with E-state index in [1.165, 1.54) is 0 Å². The van der Waals surface area contributed by atoms with Crippen LogP contribution < -0.4 is 21.7 Å². The molecule has 7 N–H and O–H groups in total. The highest BCUT2D eigenvalue weighted by Gasteiger charge is 2.31. The molecule has 10 nitrogen and oxygen atoms in total. The van der Waals surface area contributed by atoms with E-state index in [4.69, 9.17) is 10.8 Å². The fourth-order valence-corrected chi connectivity index (χ4v) is 2.59. The van der Waals surface area contributed by atoms with Gasteiger partial charge in [-0.25, -0.2) is 4.79 Å². The molecule has 2 amide bonds. The number of unbranched alkanes of at least 4 members (excludes halogenated alkanes) is 1.